The highest BCUT2D eigenvalue weighted by Crippen LogP contribution is 2.30. The largest absolute Gasteiger partial charge is 0.497 e. The molecule has 2 aliphatic rings. The summed E-state index contributed by atoms with van der Waals surface area (Å²) < 4.78 is 51.1. The van der Waals surface area contributed by atoms with Crippen LogP contribution in [0.3, 0.4) is 0 Å². The molecule has 0 aromatic heterocycles. The zero-order valence-electron chi connectivity index (χ0n) is 23.0. The van der Waals surface area contributed by atoms with E-state index in [-0.39, 0.29) is 37.2 Å². The first kappa shape index (κ1) is 29.3. The maximum absolute atomic E-state index is 13.7. The molecule has 2 aromatic rings. The molecule has 1 atom stereocenters. The summed E-state index contributed by atoms with van der Waals surface area (Å²) in [4.78, 5) is 17.1. The normalized spacial score (nSPS) is 19.2. The van der Waals surface area contributed by atoms with Crippen molar-refractivity contribution in [2.24, 2.45) is 0 Å². The molecule has 0 spiro atoms. The van der Waals surface area contributed by atoms with E-state index in [1.165, 1.54) is 4.31 Å². The lowest BCUT2D eigenvalue weighted by Gasteiger charge is -2.36. The van der Waals surface area contributed by atoms with Crippen molar-refractivity contribution in [2.75, 3.05) is 79.4 Å². The number of sulfonamides is 1. The van der Waals surface area contributed by atoms with Crippen LogP contribution in [-0.2, 0) is 24.3 Å². The van der Waals surface area contributed by atoms with Gasteiger partial charge in [-0.15, -0.1) is 0 Å². The van der Waals surface area contributed by atoms with Crippen molar-refractivity contribution in [1.29, 1.82) is 0 Å². The SMILES string of the molecule is COc1cc(C)c(S(=O)(=O)N2CCOC[C@H]2COCC(=O)N2CCN(CCOc3ccccc3)CC2)c(C)c1. The molecule has 2 saturated heterocycles. The molecule has 11 heteroatoms. The number of ether oxygens (including phenoxy) is 4. The molecule has 2 aliphatic heterocycles. The van der Waals surface area contributed by atoms with Crippen molar-refractivity contribution >= 4 is 15.9 Å². The van der Waals surface area contributed by atoms with Crippen molar-refractivity contribution in [3.8, 4) is 11.5 Å². The van der Waals surface area contributed by atoms with Gasteiger partial charge in [-0.2, -0.15) is 4.31 Å². The summed E-state index contributed by atoms with van der Waals surface area (Å²) in [5, 5.41) is 0. The Morgan fingerprint density at radius 3 is 2.36 bits per heavy atom. The van der Waals surface area contributed by atoms with Gasteiger partial charge in [0, 0.05) is 39.3 Å². The van der Waals surface area contributed by atoms with Gasteiger partial charge >= 0.3 is 0 Å². The molecule has 0 bridgehead atoms. The van der Waals surface area contributed by atoms with Crippen LogP contribution in [0.4, 0.5) is 0 Å². The van der Waals surface area contributed by atoms with Crippen molar-refractivity contribution < 1.29 is 32.2 Å². The number of methoxy groups -OCH3 is 1. The fourth-order valence-corrected chi connectivity index (χ4v) is 7.04. The van der Waals surface area contributed by atoms with Crippen LogP contribution in [0.15, 0.2) is 47.4 Å². The number of nitrogens with zero attached hydrogens (tertiary/aromatic N) is 3. The fraction of sp³-hybridized carbons (Fsp3) is 0.536. The van der Waals surface area contributed by atoms with Gasteiger partial charge in [-0.25, -0.2) is 8.42 Å². The van der Waals surface area contributed by atoms with Crippen molar-refractivity contribution in [3.05, 3.63) is 53.6 Å². The van der Waals surface area contributed by atoms with Crippen LogP contribution in [0.2, 0.25) is 0 Å². The number of amides is 1. The van der Waals surface area contributed by atoms with Crippen molar-refractivity contribution in [2.45, 2.75) is 24.8 Å². The molecule has 39 heavy (non-hydrogen) atoms. The predicted molar refractivity (Wildman–Crippen MR) is 147 cm³/mol. The highest BCUT2D eigenvalue weighted by atomic mass is 32.2. The number of aryl methyl sites for hydroxylation is 2. The van der Waals surface area contributed by atoms with E-state index >= 15 is 0 Å². The second kappa shape index (κ2) is 13.6. The molecule has 0 aliphatic carbocycles. The van der Waals surface area contributed by atoms with Crippen molar-refractivity contribution in [1.82, 2.24) is 14.1 Å². The van der Waals surface area contributed by atoms with Crippen LogP contribution < -0.4 is 9.47 Å². The monoisotopic (exact) mass is 561 g/mol. The topological polar surface area (TPSA) is 97.9 Å². The lowest BCUT2D eigenvalue weighted by atomic mass is 10.1. The molecule has 0 radical (unpaired) electrons. The van der Waals surface area contributed by atoms with Gasteiger partial charge in [-0.05, 0) is 49.2 Å². The molecule has 2 heterocycles. The summed E-state index contributed by atoms with van der Waals surface area (Å²) in [5.41, 5.74) is 1.25. The second-order valence-corrected chi connectivity index (χ2v) is 11.7. The number of carbonyl (C=O) groups excluding carboxylic acids is 1. The number of piperazine rings is 1. The van der Waals surface area contributed by atoms with E-state index in [2.05, 4.69) is 4.90 Å². The Labute approximate surface area is 231 Å². The van der Waals surface area contributed by atoms with E-state index in [9.17, 15) is 13.2 Å². The van der Waals surface area contributed by atoms with Crippen LogP contribution in [0, 0.1) is 13.8 Å². The Morgan fingerprint density at radius 2 is 1.69 bits per heavy atom. The third-order valence-electron chi connectivity index (χ3n) is 7.09. The molecule has 2 aromatic carbocycles. The van der Waals surface area contributed by atoms with Gasteiger partial charge in [-0.3, -0.25) is 9.69 Å². The highest BCUT2D eigenvalue weighted by molar-refractivity contribution is 7.89. The molecule has 4 rings (SSSR count). The standard InChI is InChI=1S/C28H39N3O7S/c1-22-17-26(35-3)18-23(2)28(22)39(33,34)31-14-15-36-19-24(31)20-37-21-27(32)30-11-9-29(10-12-30)13-16-38-25-7-5-4-6-8-25/h4-8,17-18,24H,9-16,19-21H2,1-3H3/t24-/m0/s1. The number of hydrogen-bond acceptors (Lipinski definition) is 8. The highest BCUT2D eigenvalue weighted by Gasteiger charge is 2.36. The minimum atomic E-state index is -3.79. The van der Waals surface area contributed by atoms with Gasteiger partial charge in [0.2, 0.25) is 15.9 Å². The van der Waals surface area contributed by atoms with E-state index in [1.807, 2.05) is 30.3 Å². The Balaban J connectivity index is 1.24. The van der Waals surface area contributed by atoms with Gasteiger partial charge in [-0.1, -0.05) is 18.2 Å². The average Bonchev–Trinajstić information content (AvgIpc) is 2.93. The number of hydrogen-bond donors (Lipinski definition) is 0. The quantitative estimate of drug-likeness (QED) is 0.411. The Kier molecular flexibility index (Phi) is 10.2. The number of benzene rings is 2. The van der Waals surface area contributed by atoms with Gasteiger partial charge in [0.15, 0.2) is 0 Å². The second-order valence-electron chi connectivity index (χ2n) is 9.83. The van der Waals surface area contributed by atoms with Crippen molar-refractivity contribution in [3.63, 3.8) is 0 Å². The molecule has 10 nitrogen and oxygen atoms in total. The summed E-state index contributed by atoms with van der Waals surface area (Å²) in [6.07, 6.45) is 0. The third-order valence-corrected chi connectivity index (χ3v) is 9.35. The Morgan fingerprint density at radius 1 is 1.00 bits per heavy atom. The predicted octanol–water partition coefficient (Wildman–Crippen LogP) is 1.94. The lowest BCUT2D eigenvalue weighted by Crippen LogP contribution is -2.52. The minimum absolute atomic E-state index is 0.0794. The van der Waals surface area contributed by atoms with Crippen LogP contribution in [0.25, 0.3) is 0 Å². The number of carbonyl (C=O) groups is 1. The van der Waals surface area contributed by atoms with Crippen LogP contribution >= 0.6 is 0 Å². The van der Waals surface area contributed by atoms with Crippen LogP contribution in [-0.4, -0.2) is 114 Å². The first-order valence-corrected chi connectivity index (χ1v) is 14.7. The van der Waals surface area contributed by atoms with Crippen LogP contribution in [0.1, 0.15) is 11.1 Å². The Bertz CT molecular complexity index is 1180. The molecule has 0 saturated carbocycles. The molecular weight excluding hydrogens is 522 g/mol. The van der Waals surface area contributed by atoms with Crippen LogP contribution in [0.5, 0.6) is 11.5 Å². The first-order chi connectivity index (χ1) is 18.8. The lowest BCUT2D eigenvalue weighted by molar-refractivity contribution is -0.138. The number of morpholine rings is 1. The molecule has 2 fully saturated rings. The summed E-state index contributed by atoms with van der Waals surface area (Å²) in [6.45, 7) is 8.45. The summed E-state index contributed by atoms with van der Waals surface area (Å²) in [5.74, 6) is 1.38. The van der Waals surface area contributed by atoms with E-state index in [0.717, 1.165) is 25.4 Å². The summed E-state index contributed by atoms with van der Waals surface area (Å²) in [6, 6.07) is 12.7. The zero-order chi connectivity index (χ0) is 27.8. The zero-order valence-corrected chi connectivity index (χ0v) is 23.8. The van der Waals surface area contributed by atoms with E-state index in [1.54, 1.807) is 38.0 Å². The average molecular weight is 562 g/mol. The summed E-state index contributed by atoms with van der Waals surface area (Å²) >= 11 is 0. The third kappa shape index (κ3) is 7.49. The van der Waals surface area contributed by atoms with E-state index < -0.39 is 16.1 Å². The molecule has 1 amide bonds. The first-order valence-electron chi connectivity index (χ1n) is 13.3. The molecular formula is C28H39N3O7S. The molecule has 0 unspecified atom stereocenters. The van der Waals surface area contributed by atoms with Gasteiger partial charge < -0.3 is 23.8 Å². The van der Waals surface area contributed by atoms with E-state index in [4.69, 9.17) is 18.9 Å². The maximum atomic E-state index is 13.7. The summed E-state index contributed by atoms with van der Waals surface area (Å²) in [7, 11) is -2.24. The maximum Gasteiger partial charge on any atom is 0.248 e. The minimum Gasteiger partial charge on any atom is -0.497 e. The van der Waals surface area contributed by atoms with E-state index in [0.29, 0.717) is 43.2 Å². The molecule has 0 N–H and O–H groups in total. The number of rotatable bonds is 11. The van der Waals surface area contributed by atoms with Gasteiger partial charge in [0.25, 0.3) is 0 Å². The Hall–Kier alpha value is -2.70. The fourth-order valence-electron chi connectivity index (χ4n) is 5.04. The van der Waals surface area contributed by atoms with Gasteiger partial charge in [0.1, 0.15) is 24.7 Å². The van der Waals surface area contributed by atoms with Gasteiger partial charge in [0.05, 0.1) is 37.9 Å². The smallest absolute Gasteiger partial charge is 0.248 e. The molecule has 214 valence electrons. The number of para-hydroxylation sites is 1.